The molecule has 0 radical (unpaired) electrons. The Morgan fingerprint density at radius 3 is 2.64 bits per heavy atom. The molecular formula is C19H27BrN2. The highest BCUT2D eigenvalue weighted by molar-refractivity contribution is 9.10. The fourth-order valence-corrected chi connectivity index (χ4v) is 4.23. The lowest BCUT2D eigenvalue weighted by Gasteiger charge is -2.22. The zero-order chi connectivity index (χ0) is 15.7. The molecule has 2 nitrogen and oxygen atoms in total. The SMILES string of the molecule is CCCc1nc2cc(C)c(Br)c(C)n2c1CC1CCCCC1. The number of pyridine rings is 1. The number of aromatic nitrogens is 2. The number of nitrogens with zero attached hydrogens (tertiary/aromatic N) is 2. The van der Waals surface area contributed by atoms with Crippen LogP contribution in [0.3, 0.4) is 0 Å². The summed E-state index contributed by atoms with van der Waals surface area (Å²) in [7, 11) is 0. The first kappa shape index (κ1) is 16.0. The predicted molar refractivity (Wildman–Crippen MR) is 96.6 cm³/mol. The summed E-state index contributed by atoms with van der Waals surface area (Å²) in [4.78, 5) is 4.97. The van der Waals surface area contributed by atoms with Crippen molar-refractivity contribution in [2.24, 2.45) is 5.92 Å². The van der Waals surface area contributed by atoms with Crippen LogP contribution in [0.15, 0.2) is 10.5 Å². The molecule has 0 unspecified atom stereocenters. The normalized spacial score (nSPS) is 16.5. The zero-order valence-electron chi connectivity index (χ0n) is 14.1. The monoisotopic (exact) mass is 362 g/mol. The number of imidazole rings is 1. The Bertz CT molecular complexity index is 666. The lowest BCUT2D eigenvalue weighted by atomic mass is 9.85. The van der Waals surface area contributed by atoms with Crippen LogP contribution in [0.2, 0.25) is 0 Å². The molecule has 2 aromatic rings. The molecule has 0 amide bonds. The second-order valence-electron chi connectivity index (χ2n) is 6.88. The van der Waals surface area contributed by atoms with Crippen LogP contribution < -0.4 is 0 Å². The molecule has 120 valence electrons. The van der Waals surface area contributed by atoms with Gasteiger partial charge in [0.1, 0.15) is 5.65 Å². The van der Waals surface area contributed by atoms with Gasteiger partial charge < -0.3 is 0 Å². The van der Waals surface area contributed by atoms with Gasteiger partial charge in [-0.2, -0.15) is 0 Å². The average Bonchev–Trinajstić information content (AvgIpc) is 2.84. The van der Waals surface area contributed by atoms with Gasteiger partial charge >= 0.3 is 0 Å². The summed E-state index contributed by atoms with van der Waals surface area (Å²) in [5, 5.41) is 0. The van der Waals surface area contributed by atoms with E-state index >= 15 is 0 Å². The maximum atomic E-state index is 4.97. The average molecular weight is 363 g/mol. The summed E-state index contributed by atoms with van der Waals surface area (Å²) < 4.78 is 3.64. The molecule has 0 spiro atoms. The molecule has 1 aliphatic rings. The minimum atomic E-state index is 0.851. The van der Waals surface area contributed by atoms with Gasteiger partial charge in [-0.1, -0.05) is 45.4 Å². The van der Waals surface area contributed by atoms with E-state index in [0.29, 0.717) is 0 Å². The second-order valence-corrected chi connectivity index (χ2v) is 7.68. The quantitative estimate of drug-likeness (QED) is 0.672. The van der Waals surface area contributed by atoms with E-state index in [0.717, 1.165) is 18.0 Å². The predicted octanol–water partition coefficient (Wildman–Crippen LogP) is 5.79. The Balaban J connectivity index is 2.07. The van der Waals surface area contributed by atoms with E-state index in [-0.39, 0.29) is 0 Å². The molecular weight excluding hydrogens is 336 g/mol. The first-order valence-corrected chi connectivity index (χ1v) is 9.57. The number of rotatable bonds is 4. The van der Waals surface area contributed by atoms with Gasteiger partial charge in [-0.15, -0.1) is 0 Å². The Labute approximate surface area is 142 Å². The smallest absolute Gasteiger partial charge is 0.137 e. The molecule has 1 fully saturated rings. The highest BCUT2D eigenvalue weighted by Gasteiger charge is 2.21. The van der Waals surface area contributed by atoms with E-state index in [1.165, 1.54) is 72.1 Å². The first-order valence-electron chi connectivity index (χ1n) is 8.77. The van der Waals surface area contributed by atoms with Crippen molar-refractivity contribution in [3.63, 3.8) is 0 Å². The topological polar surface area (TPSA) is 17.3 Å². The van der Waals surface area contributed by atoms with Crippen molar-refractivity contribution in [3.05, 3.63) is 33.2 Å². The summed E-state index contributed by atoms with van der Waals surface area (Å²) in [5.41, 5.74) is 6.51. The molecule has 1 saturated carbocycles. The minimum absolute atomic E-state index is 0.851. The summed E-state index contributed by atoms with van der Waals surface area (Å²) in [6.07, 6.45) is 10.5. The largest absolute Gasteiger partial charge is 0.300 e. The Morgan fingerprint density at radius 2 is 1.95 bits per heavy atom. The number of hydrogen-bond donors (Lipinski definition) is 0. The van der Waals surface area contributed by atoms with Gasteiger partial charge in [0.2, 0.25) is 0 Å². The van der Waals surface area contributed by atoms with Crippen molar-refractivity contribution in [3.8, 4) is 0 Å². The van der Waals surface area contributed by atoms with Crippen LogP contribution in [0.1, 0.15) is 68.1 Å². The summed E-state index contributed by atoms with van der Waals surface area (Å²) >= 11 is 3.76. The molecule has 0 saturated heterocycles. The molecule has 3 rings (SSSR count). The summed E-state index contributed by atoms with van der Waals surface area (Å²) in [6.45, 7) is 6.63. The third kappa shape index (κ3) is 2.97. The highest BCUT2D eigenvalue weighted by Crippen LogP contribution is 2.31. The molecule has 2 heterocycles. The highest BCUT2D eigenvalue weighted by atomic mass is 79.9. The van der Waals surface area contributed by atoms with Crippen molar-refractivity contribution in [2.45, 2.75) is 72.1 Å². The fraction of sp³-hybridized carbons (Fsp3) is 0.632. The molecule has 0 aliphatic heterocycles. The Kier molecular flexibility index (Phi) is 4.91. The third-order valence-corrected chi connectivity index (χ3v) is 6.32. The molecule has 0 atom stereocenters. The van der Waals surface area contributed by atoms with E-state index in [2.05, 4.69) is 47.2 Å². The zero-order valence-corrected chi connectivity index (χ0v) is 15.7. The maximum Gasteiger partial charge on any atom is 0.137 e. The number of fused-ring (bicyclic) bond motifs is 1. The molecule has 0 bridgehead atoms. The van der Waals surface area contributed by atoms with Gasteiger partial charge in [0, 0.05) is 15.9 Å². The summed E-state index contributed by atoms with van der Waals surface area (Å²) in [5.74, 6) is 0.851. The first-order chi connectivity index (χ1) is 10.6. The van der Waals surface area contributed by atoms with Crippen LogP contribution in [0, 0.1) is 19.8 Å². The van der Waals surface area contributed by atoms with Crippen molar-refractivity contribution in [2.75, 3.05) is 0 Å². The van der Waals surface area contributed by atoms with Gasteiger partial charge in [0.15, 0.2) is 0 Å². The van der Waals surface area contributed by atoms with Crippen molar-refractivity contribution >= 4 is 21.6 Å². The molecule has 2 aromatic heterocycles. The van der Waals surface area contributed by atoms with E-state index in [4.69, 9.17) is 4.98 Å². The van der Waals surface area contributed by atoms with Gasteiger partial charge in [0.05, 0.1) is 5.69 Å². The Hall–Kier alpha value is -0.830. The van der Waals surface area contributed by atoms with Crippen LogP contribution in [-0.2, 0) is 12.8 Å². The van der Waals surface area contributed by atoms with Gasteiger partial charge in [-0.3, -0.25) is 4.40 Å². The molecule has 1 aliphatic carbocycles. The lowest BCUT2D eigenvalue weighted by molar-refractivity contribution is 0.353. The summed E-state index contributed by atoms with van der Waals surface area (Å²) in [6, 6.07) is 2.22. The molecule has 0 aromatic carbocycles. The maximum absolute atomic E-state index is 4.97. The second kappa shape index (κ2) is 6.74. The minimum Gasteiger partial charge on any atom is -0.300 e. The molecule has 22 heavy (non-hydrogen) atoms. The van der Waals surface area contributed by atoms with Crippen molar-refractivity contribution in [1.29, 1.82) is 0 Å². The van der Waals surface area contributed by atoms with Crippen LogP contribution in [0.5, 0.6) is 0 Å². The number of aryl methyl sites for hydroxylation is 3. The molecule has 0 N–H and O–H groups in total. The van der Waals surface area contributed by atoms with E-state index in [9.17, 15) is 0 Å². The van der Waals surface area contributed by atoms with Crippen LogP contribution in [-0.4, -0.2) is 9.38 Å². The van der Waals surface area contributed by atoms with E-state index in [1.54, 1.807) is 0 Å². The van der Waals surface area contributed by atoms with Gasteiger partial charge in [-0.05, 0) is 60.2 Å². The van der Waals surface area contributed by atoms with E-state index in [1.807, 2.05) is 0 Å². The standard InChI is InChI=1S/C19H27BrN2/c1-4-8-16-17(12-15-9-6-5-7-10-15)22-14(3)19(20)13(2)11-18(22)21-16/h11,15H,4-10,12H2,1-3H3. The van der Waals surface area contributed by atoms with E-state index < -0.39 is 0 Å². The fourth-order valence-electron chi connectivity index (χ4n) is 3.94. The Morgan fingerprint density at radius 1 is 1.23 bits per heavy atom. The molecule has 3 heteroatoms. The number of halogens is 1. The van der Waals surface area contributed by atoms with Crippen LogP contribution in [0.25, 0.3) is 5.65 Å². The number of hydrogen-bond acceptors (Lipinski definition) is 1. The van der Waals surface area contributed by atoms with Crippen molar-refractivity contribution in [1.82, 2.24) is 9.38 Å². The van der Waals surface area contributed by atoms with Gasteiger partial charge in [0.25, 0.3) is 0 Å². The van der Waals surface area contributed by atoms with Gasteiger partial charge in [-0.25, -0.2) is 4.98 Å². The van der Waals surface area contributed by atoms with Crippen molar-refractivity contribution < 1.29 is 0 Å². The third-order valence-electron chi connectivity index (χ3n) is 5.12. The lowest BCUT2D eigenvalue weighted by Crippen LogP contribution is -2.13. The van der Waals surface area contributed by atoms with Crippen LogP contribution in [0.4, 0.5) is 0 Å². The van der Waals surface area contributed by atoms with Crippen LogP contribution >= 0.6 is 15.9 Å².